The molecule has 0 amide bonds. The minimum absolute atomic E-state index is 0.175. The molecule has 0 radical (unpaired) electrons. The van der Waals surface area contributed by atoms with E-state index in [1.165, 1.54) is 20.8 Å². The van der Waals surface area contributed by atoms with Crippen molar-refractivity contribution in [1.82, 2.24) is 0 Å². The Morgan fingerprint density at radius 2 is 1.48 bits per heavy atom. The van der Waals surface area contributed by atoms with Crippen molar-refractivity contribution in [2.45, 2.75) is 64.7 Å². The monoisotopic (exact) mass is 332 g/mol. The Morgan fingerprint density at radius 1 is 0.870 bits per heavy atom. The zero-order chi connectivity index (χ0) is 17.1. The lowest BCUT2D eigenvalue weighted by Gasteiger charge is -2.40. The second-order valence-electron chi connectivity index (χ2n) is 5.30. The molecular formula is C14H20O9. The summed E-state index contributed by atoms with van der Waals surface area (Å²) in [5, 5.41) is 0. The van der Waals surface area contributed by atoms with Crippen molar-refractivity contribution in [3.05, 3.63) is 0 Å². The van der Waals surface area contributed by atoms with Crippen molar-refractivity contribution in [3.63, 3.8) is 0 Å². The van der Waals surface area contributed by atoms with Gasteiger partial charge in [-0.25, -0.2) is 0 Å². The molecule has 23 heavy (non-hydrogen) atoms. The number of hydrogen-bond donors (Lipinski definition) is 0. The average Bonchev–Trinajstić information content (AvgIpc) is 2.78. The van der Waals surface area contributed by atoms with Crippen molar-refractivity contribution < 1.29 is 42.8 Å². The van der Waals surface area contributed by atoms with Gasteiger partial charge in [0.05, 0.1) is 0 Å². The molecule has 9 nitrogen and oxygen atoms in total. The maximum Gasteiger partial charge on any atom is 0.303 e. The molecule has 2 unspecified atom stereocenters. The van der Waals surface area contributed by atoms with Crippen molar-refractivity contribution in [3.8, 4) is 0 Å². The Balaban J connectivity index is 2.23. The van der Waals surface area contributed by atoms with Gasteiger partial charge in [0.15, 0.2) is 30.9 Å². The molecule has 0 aromatic rings. The van der Waals surface area contributed by atoms with Gasteiger partial charge < -0.3 is 28.4 Å². The molecule has 0 saturated carbocycles. The average molecular weight is 332 g/mol. The third kappa shape index (κ3) is 4.40. The van der Waals surface area contributed by atoms with E-state index < -0.39 is 54.9 Å². The molecule has 130 valence electrons. The number of fused-ring (bicyclic) bond motifs is 1. The van der Waals surface area contributed by atoms with Crippen LogP contribution in [-0.2, 0) is 42.8 Å². The quantitative estimate of drug-likeness (QED) is 0.515. The van der Waals surface area contributed by atoms with Gasteiger partial charge >= 0.3 is 17.9 Å². The van der Waals surface area contributed by atoms with Gasteiger partial charge in [0, 0.05) is 20.8 Å². The summed E-state index contributed by atoms with van der Waals surface area (Å²) in [6, 6.07) is 0. The highest BCUT2D eigenvalue weighted by atomic mass is 16.8. The van der Waals surface area contributed by atoms with Crippen LogP contribution in [0.1, 0.15) is 27.7 Å². The van der Waals surface area contributed by atoms with Crippen LogP contribution in [0.4, 0.5) is 0 Å². The van der Waals surface area contributed by atoms with E-state index in [2.05, 4.69) is 0 Å². The van der Waals surface area contributed by atoms with Crippen LogP contribution in [0, 0.1) is 0 Å². The smallest absolute Gasteiger partial charge is 0.303 e. The highest BCUT2D eigenvalue weighted by Gasteiger charge is 2.55. The van der Waals surface area contributed by atoms with E-state index in [0.29, 0.717) is 0 Å². The zero-order valence-corrected chi connectivity index (χ0v) is 13.3. The Kier molecular flexibility index (Phi) is 5.55. The van der Waals surface area contributed by atoms with Gasteiger partial charge in [-0.1, -0.05) is 0 Å². The molecular weight excluding hydrogens is 312 g/mol. The summed E-state index contributed by atoms with van der Waals surface area (Å²) in [4.78, 5) is 33.8. The van der Waals surface area contributed by atoms with Gasteiger partial charge in [-0.05, 0) is 6.92 Å². The van der Waals surface area contributed by atoms with Gasteiger partial charge in [0.1, 0.15) is 12.7 Å². The van der Waals surface area contributed by atoms with Crippen LogP contribution >= 0.6 is 0 Å². The number of esters is 3. The number of carbonyl (C=O) groups excluding carboxylic acids is 3. The van der Waals surface area contributed by atoms with E-state index in [4.69, 9.17) is 28.4 Å². The van der Waals surface area contributed by atoms with Crippen molar-refractivity contribution in [2.24, 2.45) is 0 Å². The van der Waals surface area contributed by atoms with Crippen molar-refractivity contribution >= 4 is 17.9 Å². The topological polar surface area (TPSA) is 107 Å². The van der Waals surface area contributed by atoms with E-state index in [0.717, 1.165) is 0 Å². The van der Waals surface area contributed by atoms with Crippen LogP contribution in [0.15, 0.2) is 0 Å². The first kappa shape index (κ1) is 17.6. The van der Waals surface area contributed by atoms with Crippen LogP contribution in [0.25, 0.3) is 0 Å². The molecule has 2 saturated heterocycles. The summed E-state index contributed by atoms with van der Waals surface area (Å²) in [5.74, 6) is -1.67. The fourth-order valence-corrected chi connectivity index (χ4v) is 2.57. The van der Waals surface area contributed by atoms with Gasteiger partial charge in [-0.15, -0.1) is 0 Å². The van der Waals surface area contributed by atoms with E-state index in [-0.39, 0.29) is 6.61 Å². The lowest BCUT2D eigenvalue weighted by molar-refractivity contribution is -0.264. The first-order valence-corrected chi connectivity index (χ1v) is 7.22. The first-order valence-electron chi connectivity index (χ1n) is 7.22. The largest absolute Gasteiger partial charge is 0.463 e. The number of ether oxygens (including phenoxy) is 6. The molecule has 0 aromatic heterocycles. The molecule has 2 rings (SSSR count). The van der Waals surface area contributed by atoms with Crippen LogP contribution in [0.2, 0.25) is 0 Å². The lowest BCUT2D eigenvalue weighted by Crippen LogP contribution is -2.60. The Bertz CT molecular complexity index is 477. The maximum atomic E-state index is 11.4. The number of rotatable bonds is 4. The molecule has 6 atom stereocenters. The molecule has 0 aliphatic carbocycles. The summed E-state index contributed by atoms with van der Waals surface area (Å²) in [5.41, 5.74) is 0. The Labute approximate surface area is 133 Å². The minimum Gasteiger partial charge on any atom is -0.463 e. The predicted molar refractivity (Wildman–Crippen MR) is 71.8 cm³/mol. The Hall–Kier alpha value is -1.71. The minimum atomic E-state index is -0.981. The molecule has 0 spiro atoms. The fraction of sp³-hybridized carbons (Fsp3) is 0.786. The molecule has 2 aliphatic heterocycles. The second kappa shape index (κ2) is 7.24. The van der Waals surface area contributed by atoms with Crippen molar-refractivity contribution in [1.29, 1.82) is 0 Å². The predicted octanol–water partition coefficient (Wildman–Crippen LogP) is -0.101. The summed E-state index contributed by atoms with van der Waals surface area (Å²) in [7, 11) is 0. The molecule has 2 aliphatic rings. The molecule has 2 fully saturated rings. The molecule has 2 heterocycles. The molecule has 0 bridgehead atoms. The van der Waals surface area contributed by atoms with Crippen LogP contribution < -0.4 is 0 Å². The van der Waals surface area contributed by atoms with Gasteiger partial charge in [-0.2, -0.15) is 0 Å². The second-order valence-corrected chi connectivity index (χ2v) is 5.30. The van der Waals surface area contributed by atoms with E-state index >= 15 is 0 Å². The highest BCUT2D eigenvalue weighted by molar-refractivity contribution is 5.67. The third-order valence-corrected chi connectivity index (χ3v) is 3.32. The standard InChI is InChI=1S/C14H20O9/c1-6(15)18-5-10-11(19-7(2)16)12(20-8(3)17)13-14(23-10)22-9(4)21-13/h9-14H,5H2,1-4H3/t9-,10+,11+,12?,13?,14-/m0/s1. The summed E-state index contributed by atoms with van der Waals surface area (Å²) in [6.45, 7) is 5.18. The first-order chi connectivity index (χ1) is 10.8. The third-order valence-electron chi connectivity index (χ3n) is 3.32. The van der Waals surface area contributed by atoms with E-state index in [9.17, 15) is 14.4 Å². The van der Waals surface area contributed by atoms with Gasteiger partial charge in [0.25, 0.3) is 0 Å². The van der Waals surface area contributed by atoms with Crippen LogP contribution in [-0.4, -0.2) is 61.5 Å². The lowest BCUT2D eigenvalue weighted by atomic mass is 9.98. The van der Waals surface area contributed by atoms with E-state index in [1.807, 2.05) is 0 Å². The molecule has 9 heteroatoms. The SMILES string of the molecule is CC(=O)OC[C@H]1O[C@@H]2O[C@@H](C)OC2C(OC(C)=O)[C@@H]1OC(C)=O. The van der Waals surface area contributed by atoms with Crippen LogP contribution in [0.3, 0.4) is 0 Å². The zero-order valence-electron chi connectivity index (χ0n) is 13.3. The number of carbonyl (C=O) groups is 3. The molecule has 0 N–H and O–H groups in total. The maximum absolute atomic E-state index is 11.4. The summed E-state index contributed by atoms with van der Waals surface area (Å²) < 4.78 is 32.1. The normalized spacial score (nSPS) is 36.0. The highest BCUT2D eigenvalue weighted by Crippen LogP contribution is 2.34. The van der Waals surface area contributed by atoms with E-state index in [1.54, 1.807) is 6.92 Å². The number of hydrogen-bond acceptors (Lipinski definition) is 9. The molecule has 0 aromatic carbocycles. The van der Waals surface area contributed by atoms with Crippen LogP contribution in [0.5, 0.6) is 0 Å². The Morgan fingerprint density at radius 3 is 2.04 bits per heavy atom. The fourth-order valence-electron chi connectivity index (χ4n) is 2.57. The van der Waals surface area contributed by atoms with Gasteiger partial charge in [-0.3, -0.25) is 14.4 Å². The summed E-state index contributed by atoms with van der Waals surface area (Å²) >= 11 is 0. The summed E-state index contributed by atoms with van der Waals surface area (Å²) in [6.07, 6.45) is -4.89. The van der Waals surface area contributed by atoms with Gasteiger partial charge in [0.2, 0.25) is 0 Å². The van der Waals surface area contributed by atoms with Crippen molar-refractivity contribution in [2.75, 3.05) is 6.61 Å².